The molecular formula is C5H3F3SSe. The molecule has 5 heteroatoms. The van der Waals surface area contributed by atoms with Gasteiger partial charge in [0.25, 0.3) is 0 Å². The van der Waals surface area contributed by atoms with Gasteiger partial charge in [0.1, 0.15) is 0 Å². The van der Waals surface area contributed by atoms with E-state index in [1.807, 2.05) is 0 Å². The van der Waals surface area contributed by atoms with E-state index >= 15 is 0 Å². The van der Waals surface area contributed by atoms with E-state index in [0.29, 0.717) is 3.78 Å². The van der Waals surface area contributed by atoms with Crippen molar-refractivity contribution in [2.45, 2.75) is 5.07 Å². The van der Waals surface area contributed by atoms with Gasteiger partial charge < -0.3 is 0 Å². The standard InChI is InChI=1S/C5H3F3SSe/c6-5(7,8)10-4-2-1-3-9-4/h1-3H. The van der Waals surface area contributed by atoms with Gasteiger partial charge >= 0.3 is 65.8 Å². The number of thiophene rings is 1. The van der Waals surface area contributed by atoms with Crippen molar-refractivity contribution in [2.75, 3.05) is 0 Å². The average molecular weight is 231 g/mol. The first-order valence-corrected chi connectivity index (χ1v) is 4.96. The van der Waals surface area contributed by atoms with Crippen LogP contribution >= 0.6 is 11.3 Å². The van der Waals surface area contributed by atoms with Crippen LogP contribution in [0.4, 0.5) is 13.2 Å². The van der Waals surface area contributed by atoms with Crippen LogP contribution in [0.25, 0.3) is 0 Å². The maximum absolute atomic E-state index is 11.7. The molecule has 0 fully saturated rings. The molecule has 0 aliphatic rings. The van der Waals surface area contributed by atoms with E-state index in [1.165, 1.54) is 6.07 Å². The predicted molar refractivity (Wildman–Crippen MR) is 35.8 cm³/mol. The molecule has 0 atom stereocenters. The van der Waals surface area contributed by atoms with Crippen molar-refractivity contribution in [3.05, 3.63) is 17.5 Å². The summed E-state index contributed by atoms with van der Waals surface area (Å²) in [6, 6.07) is 3.14. The summed E-state index contributed by atoms with van der Waals surface area (Å²) in [5, 5.41) is -2.35. The molecule has 1 aromatic heterocycles. The molecule has 0 aromatic carbocycles. The second kappa shape index (κ2) is 2.94. The van der Waals surface area contributed by atoms with Crippen LogP contribution in [-0.4, -0.2) is 20.0 Å². The molecule has 0 unspecified atom stereocenters. The van der Waals surface area contributed by atoms with Crippen LogP contribution in [0.1, 0.15) is 0 Å². The minimum absolute atomic E-state index is 0.431. The summed E-state index contributed by atoms with van der Waals surface area (Å²) in [4.78, 5) is 0. The topological polar surface area (TPSA) is 0 Å². The second-order valence-corrected chi connectivity index (χ2v) is 5.33. The van der Waals surface area contributed by atoms with E-state index in [2.05, 4.69) is 0 Å². The van der Waals surface area contributed by atoms with Crippen LogP contribution in [0.15, 0.2) is 17.5 Å². The zero-order valence-corrected chi connectivity index (χ0v) is 7.21. The van der Waals surface area contributed by atoms with Gasteiger partial charge in [-0.3, -0.25) is 0 Å². The first kappa shape index (κ1) is 8.11. The molecule has 1 rings (SSSR count). The summed E-state index contributed by atoms with van der Waals surface area (Å²) in [7, 11) is 0. The number of hydrogen-bond acceptors (Lipinski definition) is 1. The molecule has 10 heavy (non-hydrogen) atoms. The van der Waals surface area contributed by atoms with Crippen molar-refractivity contribution >= 4 is 30.1 Å². The fourth-order valence-electron chi connectivity index (χ4n) is 0.436. The van der Waals surface area contributed by atoms with Crippen LogP contribution in [0, 0.1) is 0 Å². The van der Waals surface area contributed by atoms with Gasteiger partial charge in [-0.1, -0.05) is 0 Å². The Bertz CT molecular complexity index is 191. The van der Waals surface area contributed by atoms with E-state index < -0.39 is 20.0 Å². The molecule has 56 valence electrons. The normalized spacial score (nSPS) is 11.9. The van der Waals surface area contributed by atoms with E-state index in [4.69, 9.17) is 0 Å². The Labute approximate surface area is 66.2 Å². The molecular weight excluding hydrogens is 228 g/mol. The molecule has 0 spiro atoms. The predicted octanol–water partition coefficient (Wildman–Crippen LogP) is 1.60. The molecule has 1 aromatic rings. The van der Waals surface area contributed by atoms with E-state index in [1.54, 1.807) is 11.4 Å². The summed E-state index contributed by atoms with van der Waals surface area (Å²) in [6.07, 6.45) is 0. The van der Waals surface area contributed by atoms with Crippen molar-refractivity contribution in [3.8, 4) is 0 Å². The van der Waals surface area contributed by atoms with Gasteiger partial charge in [-0.05, 0) is 0 Å². The SMILES string of the molecule is FC(F)(F)[Se]c1cccs1. The first-order chi connectivity index (χ1) is 4.58. The Morgan fingerprint density at radius 2 is 2.10 bits per heavy atom. The third kappa shape index (κ3) is 2.73. The molecule has 0 aliphatic heterocycles. The van der Waals surface area contributed by atoms with Gasteiger partial charge in [0.2, 0.25) is 0 Å². The maximum atomic E-state index is 11.7. The number of rotatable bonds is 1. The minimum atomic E-state index is -4.00. The van der Waals surface area contributed by atoms with Crippen molar-refractivity contribution in [2.24, 2.45) is 0 Å². The van der Waals surface area contributed by atoms with Crippen molar-refractivity contribution in [3.63, 3.8) is 0 Å². The van der Waals surface area contributed by atoms with Gasteiger partial charge in [-0.25, -0.2) is 0 Å². The quantitative estimate of drug-likeness (QED) is 0.644. The van der Waals surface area contributed by atoms with E-state index in [9.17, 15) is 13.2 Å². The van der Waals surface area contributed by atoms with Crippen molar-refractivity contribution < 1.29 is 13.2 Å². The second-order valence-electron chi connectivity index (χ2n) is 1.48. The van der Waals surface area contributed by atoms with Gasteiger partial charge in [0.05, 0.1) is 0 Å². The molecule has 0 amide bonds. The first-order valence-electron chi connectivity index (χ1n) is 2.37. The van der Waals surface area contributed by atoms with Gasteiger partial charge in [0.15, 0.2) is 0 Å². The van der Waals surface area contributed by atoms with Crippen LogP contribution in [-0.2, 0) is 0 Å². The number of alkyl halides is 3. The third-order valence-corrected chi connectivity index (χ3v) is 3.60. The average Bonchev–Trinajstić information content (AvgIpc) is 2.12. The summed E-state index contributed by atoms with van der Waals surface area (Å²) in [6.45, 7) is 0. The molecule has 0 N–H and O–H groups in total. The Morgan fingerprint density at radius 3 is 2.50 bits per heavy atom. The van der Waals surface area contributed by atoms with Crippen LogP contribution < -0.4 is 3.78 Å². The van der Waals surface area contributed by atoms with E-state index in [0.717, 1.165) is 11.3 Å². The van der Waals surface area contributed by atoms with Crippen LogP contribution in [0.5, 0.6) is 0 Å². The molecule has 0 nitrogen and oxygen atoms in total. The molecule has 0 aliphatic carbocycles. The Morgan fingerprint density at radius 1 is 1.40 bits per heavy atom. The molecule has 0 radical (unpaired) electrons. The Kier molecular flexibility index (Phi) is 2.39. The van der Waals surface area contributed by atoms with Crippen molar-refractivity contribution in [1.29, 1.82) is 0 Å². The van der Waals surface area contributed by atoms with E-state index in [-0.39, 0.29) is 0 Å². The molecule has 0 saturated heterocycles. The van der Waals surface area contributed by atoms with Gasteiger partial charge in [0, 0.05) is 0 Å². The van der Waals surface area contributed by atoms with Gasteiger partial charge in [-0.2, -0.15) is 0 Å². The molecule has 0 bridgehead atoms. The summed E-state index contributed by atoms with van der Waals surface area (Å²) < 4.78 is 35.4. The number of hydrogen-bond donors (Lipinski definition) is 0. The zero-order chi connectivity index (χ0) is 7.61. The third-order valence-electron chi connectivity index (χ3n) is 0.711. The Hall–Kier alpha value is 0.00948. The summed E-state index contributed by atoms with van der Waals surface area (Å²) in [5.74, 6) is 0. The van der Waals surface area contributed by atoms with Crippen molar-refractivity contribution in [1.82, 2.24) is 0 Å². The van der Waals surface area contributed by atoms with Crippen LogP contribution in [0.2, 0.25) is 0 Å². The monoisotopic (exact) mass is 232 g/mol. The molecule has 0 saturated carbocycles. The number of halogens is 3. The van der Waals surface area contributed by atoms with Crippen LogP contribution in [0.3, 0.4) is 0 Å². The Balaban J connectivity index is 2.57. The fourth-order valence-corrected chi connectivity index (χ4v) is 2.86. The van der Waals surface area contributed by atoms with Gasteiger partial charge in [-0.15, -0.1) is 0 Å². The summed E-state index contributed by atoms with van der Waals surface area (Å²) in [5.41, 5.74) is 0. The zero-order valence-electron chi connectivity index (χ0n) is 4.68. The summed E-state index contributed by atoms with van der Waals surface area (Å²) >= 11 is -0.188. The fraction of sp³-hybridized carbons (Fsp3) is 0.200. The molecule has 1 heterocycles.